The summed E-state index contributed by atoms with van der Waals surface area (Å²) in [5.41, 5.74) is 0.795. The zero-order valence-electron chi connectivity index (χ0n) is 5.73. The van der Waals surface area contributed by atoms with Crippen molar-refractivity contribution in [3.05, 3.63) is 39.9 Å². The summed E-state index contributed by atoms with van der Waals surface area (Å²) in [6.07, 6.45) is 0. The molecule has 3 nitrogen and oxygen atoms in total. The van der Waals surface area contributed by atoms with Gasteiger partial charge in [-0.25, -0.2) is 0 Å². The van der Waals surface area contributed by atoms with Crippen molar-refractivity contribution < 1.29 is 4.92 Å². The SMILES string of the molecule is O=[N+]([O-])c1ccccc1CS. The molecule has 0 atom stereocenters. The molecule has 0 spiro atoms. The molecule has 0 unspecified atom stereocenters. The fourth-order valence-electron chi connectivity index (χ4n) is 0.823. The van der Waals surface area contributed by atoms with Gasteiger partial charge < -0.3 is 0 Å². The van der Waals surface area contributed by atoms with E-state index in [1.165, 1.54) is 6.07 Å². The summed E-state index contributed by atoms with van der Waals surface area (Å²) in [5, 5.41) is 10.4. The van der Waals surface area contributed by atoms with Gasteiger partial charge in [-0.2, -0.15) is 12.6 Å². The van der Waals surface area contributed by atoms with Crippen LogP contribution in [0.2, 0.25) is 0 Å². The summed E-state index contributed by atoms with van der Waals surface area (Å²) in [4.78, 5) is 9.95. The third kappa shape index (κ3) is 1.71. The molecular formula is C7H7NO2S. The van der Waals surface area contributed by atoms with E-state index in [9.17, 15) is 10.1 Å². The van der Waals surface area contributed by atoms with E-state index in [-0.39, 0.29) is 5.69 Å². The summed E-state index contributed by atoms with van der Waals surface area (Å²) in [5.74, 6) is 0.400. The zero-order chi connectivity index (χ0) is 8.27. The Balaban J connectivity index is 3.12. The highest BCUT2D eigenvalue weighted by Crippen LogP contribution is 2.18. The van der Waals surface area contributed by atoms with Gasteiger partial charge in [-0.05, 0) is 0 Å². The lowest BCUT2D eigenvalue weighted by Gasteiger charge is -1.96. The molecular weight excluding hydrogens is 162 g/mol. The minimum Gasteiger partial charge on any atom is -0.258 e. The molecule has 0 aliphatic heterocycles. The monoisotopic (exact) mass is 169 g/mol. The van der Waals surface area contributed by atoms with Gasteiger partial charge in [0.2, 0.25) is 0 Å². The molecule has 0 saturated heterocycles. The van der Waals surface area contributed by atoms with Gasteiger partial charge in [-0.15, -0.1) is 0 Å². The number of hydrogen-bond acceptors (Lipinski definition) is 3. The van der Waals surface area contributed by atoms with Crippen molar-refractivity contribution in [2.75, 3.05) is 0 Å². The van der Waals surface area contributed by atoms with Gasteiger partial charge in [0.25, 0.3) is 5.69 Å². The van der Waals surface area contributed by atoms with Gasteiger partial charge in [0.15, 0.2) is 0 Å². The summed E-state index contributed by atoms with van der Waals surface area (Å²) in [6, 6.07) is 6.58. The van der Waals surface area contributed by atoms with Crippen molar-refractivity contribution in [2.45, 2.75) is 5.75 Å². The highest BCUT2D eigenvalue weighted by molar-refractivity contribution is 7.79. The standard InChI is InChI=1S/C7H7NO2S/c9-8(10)7-4-2-1-3-6(7)5-11/h1-4,11H,5H2. The van der Waals surface area contributed by atoms with Crippen LogP contribution in [0.25, 0.3) is 0 Å². The smallest absolute Gasteiger partial charge is 0.258 e. The van der Waals surface area contributed by atoms with Crippen molar-refractivity contribution in [1.29, 1.82) is 0 Å². The summed E-state index contributed by atoms with van der Waals surface area (Å²) >= 11 is 3.97. The second-order valence-electron chi connectivity index (χ2n) is 2.04. The number of rotatable bonds is 2. The molecule has 0 N–H and O–H groups in total. The topological polar surface area (TPSA) is 43.1 Å². The molecule has 0 fully saturated rings. The van der Waals surface area contributed by atoms with Crippen LogP contribution in [0.1, 0.15) is 5.56 Å². The Morgan fingerprint density at radius 1 is 1.45 bits per heavy atom. The lowest BCUT2D eigenvalue weighted by atomic mass is 10.2. The third-order valence-electron chi connectivity index (χ3n) is 1.36. The predicted octanol–water partition coefficient (Wildman–Crippen LogP) is 2.02. The molecule has 0 amide bonds. The number of para-hydroxylation sites is 1. The largest absolute Gasteiger partial charge is 0.273 e. The van der Waals surface area contributed by atoms with Crippen LogP contribution in [0, 0.1) is 10.1 Å². The first-order valence-electron chi connectivity index (χ1n) is 3.09. The van der Waals surface area contributed by atoms with Gasteiger partial charge in [-0.3, -0.25) is 10.1 Å². The Morgan fingerprint density at radius 3 is 2.55 bits per heavy atom. The lowest BCUT2D eigenvalue weighted by molar-refractivity contribution is -0.385. The first-order chi connectivity index (χ1) is 5.25. The number of nitro groups is 1. The minimum atomic E-state index is -0.397. The van der Waals surface area contributed by atoms with Gasteiger partial charge in [0, 0.05) is 17.4 Å². The maximum Gasteiger partial charge on any atom is 0.273 e. The second kappa shape index (κ2) is 3.39. The van der Waals surface area contributed by atoms with E-state index >= 15 is 0 Å². The summed E-state index contributed by atoms with van der Waals surface area (Å²) in [6.45, 7) is 0. The first-order valence-corrected chi connectivity index (χ1v) is 3.72. The van der Waals surface area contributed by atoms with Crippen LogP contribution >= 0.6 is 12.6 Å². The van der Waals surface area contributed by atoms with Crippen LogP contribution in [0.5, 0.6) is 0 Å². The second-order valence-corrected chi connectivity index (χ2v) is 2.36. The van der Waals surface area contributed by atoms with E-state index < -0.39 is 4.92 Å². The van der Waals surface area contributed by atoms with Crippen molar-refractivity contribution in [3.63, 3.8) is 0 Å². The van der Waals surface area contributed by atoms with Crippen molar-refractivity contribution in [2.24, 2.45) is 0 Å². The molecule has 4 heteroatoms. The number of hydrogen-bond donors (Lipinski definition) is 1. The Hall–Kier alpha value is -1.03. The fourth-order valence-corrected chi connectivity index (χ4v) is 1.09. The molecule has 11 heavy (non-hydrogen) atoms. The van der Waals surface area contributed by atoms with Crippen LogP contribution < -0.4 is 0 Å². The van der Waals surface area contributed by atoms with E-state index in [1.807, 2.05) is 0 Å². The summed E-state index contributed by atoms with van der Waals surface area (Å²) < 4.78 is 0. The van der Waals surface area contributed by atoms with Crippen molar-refractivity contribution in [3.8, 4) is 0 Å². The van der Waals surface area contributed by atoms with E-state index in [4.69, 9.17) is 0 Å². The summed E-state index contributed by atoms with van der Waals surface area (Å²) in [7, 11) is 0. The molecule has 0 heterocycles. The van der Waals surface area contributed by atoms with E-state index in [0.717, 1.165) is 0 Å². The molecule has 58 valence electrons. The average Bonchev–Trinajstić information content (AvgIpc) is 2.04. The van der Waals surface area contributed by atoms with E-state index in [1.54, 1.807) is 18.2 Å². The van der Waals surface area contributed by atoms with Crippen molar-refractivity contribution >= 4 is 18.3 Å². The molecule has 1 aromatic rings. The van der Waals surface area contributed by atoms with Gasteiger partial charge >= 0.3 is 0 Å². The first kappa shape index (κ1) is 8.07. The Kier molecular flexibility index (Phi) is 2.48. The van der Waals surface area contributed by atoms with Crippen LogP contribution in [-0.2, 0) is 5.75 Å². The number of nitrogens with zero attached hydrogens (tertiary/aromatic N) is 1. The Morgan fingerprint density at radius 2 is 2.09 bits per heavy atom. The van der Waals surface area contributed by atoms with E-state index in [2.05, 4.69) is 12.6 Å². The highest BCUT2D eigenvalue weighted by atomic mass is 32.1. The molecule has 1 aromatic carbocycles. The third-order valence-corrected chi connectivity index (χ3v) is 1.70. The normalized spacial score (nSPS) is 9.55. The molecule has 0 aromatic heterocycles. The molecule has 1 rings (SSSR count). The van der Waals surface area contributed by atoms with Crippen LogP contribution in [0.15, 0.2) is 24.3 Å². The fraction of sp³-hybridized carbons (Fsp3) is 0.143. The maximum atomic E-state index is 10.4. The lowest BCUT2D eigenvalue weighted by Crippen LogP contribution is -1.91. The molecule has 0 aliphatic rings. The molecule has 0 radical (unpaired) electrons. The Labute approximate surface area is 69.6 Å². The van der Waals surface area contributed by atoms with Crippen molar-refractivity contribution in [1.82, 2.24) is 0 Å². The molecule has 0 saturated carbocycles. The van der Waals surface area contributed by atoms with Crippen LogP contribution in [0.3, 0.4) is 0 Å². The quantitative estimate of drug-likeness (QED) is 0.418. The molecule has 0 bridgehead atoms. The van der Waals surface area contributed by atoms with Gasteiger partial charge in [-0.1, -0.05) is 18.2 Å². The van der Waals surface area contributed by atoms with Gasteiger partial charge in [0.1, 0.15) is 0 Å². The molecule has 0 aliphatic carbocycles. The number of nitro benzene ring substituents is 1. The Bertz CT molecular complexity index is 275. The number of thiol groups is 1. The maximum absolute atomic E-state index is 10.4. The number of benzene rings is 1. The van der Waals surface area contributed by atoms with Crippen LogP contribution in [0.4, 0.5) is 5.69 Å². The zero-order valence-corrected chi connectivity index (χ0v) is 6.62. The highest BCUT2D eigenvalue weighted by Gasteiger charge is 2.09. The average molecular weight is 169 g/mol. The van der Waals surface area contributed by atoms with Gasteiger partial charge in [0.05, 0.1) is 4.92 Å². The van der Waals surface area contributed by atoms with Crippen LogP contribution in [-0.4, -0.2) is 4.92 Å². The predicted molar refractivity (Wildman–Crippen MR) is 45.8 cm³/mol. The minimum absolute atomic E-state index is 0.141. The van der Waals surface area contributed by atoms with E-state index in [0.29, 0.717) is 11.3 Å².